The van der Waals surface area contributed by atoms with Gasteiger partial charge in [-0.25, -0.2) is 0 Å². The number of hydrogen-bond acceptors (Lipinski definition) is 3. The van der Waals surface area contributed by atoms with Gasteiger partial charge in [-0.3, -0.25) is 4.79 Å². The number of thiophene rings is 1. The van der Waals surface area contributed by atoms with Crippen molar-refractivity contribution in [2.24, 2.45) is 0 Å². The van der Waals surface area contributed by atoms with Crippen LogP contribution in [0.3, 0.4) is 0 Å². The lowest BCUT2D eigenvalue weighted by Crippen LogP contribution is -2.25. The number of nitrogens with two attached hydrogens (primary N) is 1. The number of hydrogen-bond donors (Lipinski definition) is 1. The second-order valence-electron chi connectivity index (χ2n) is 4.02. The Hall–Kier alpha value is -1.52. The average Bonchev–Trinajstić information content (AvgIpc) is 2.68. The van der Waals surface area contributed by atoms with Crippen molar-refractivity contribution < 1.29 is 4.79 Å². The predicted octanol–water partition coefficient (Wildman–Crippen LogP) is 3.57. The molecule has 0 saturated carbocycles. The van der Waals surface area contributed by atoms with Crippen molar-refractivity contribution in [1.29, 1.82) is 0 Å². The van der Waals surface area contributed by atoms with E-state index in [0.717, 1.165) is 11.3 Å². The molecule has 0 fully saturated rings. The molecule has 0 aliphatic carbocycles. The summed E-state index contributed by atoms with van der Waals surface area (Å²) in [5.41, 5.74) is 8.01. The predicted molar refractivity (Wildman–Crippen MR) is 77.7 cm³/mol. The van der Waals surface area contributed by atoms with Gasteiger partial charge < -0.3 is 10.6 Å². The molecule has 5 heteroatoms. The summed E-state index contributed by atoms with van der Waals surface area (Å²) in [7, 11) is 1.71. The summed E-state index contributed by atoms with van der Waals surface area (Å²) in [5.74, 6) is -0.122. The minimum absolute atomic E-state index is 0.122. The summed E-state index contributed by atoms with van der Waals surface area (Å²) in [6, 6.07) is 7.19. The third-order valence-electron chi connectivity index (χ3n) is 2.66. The maximum Gasteiger partial charge on any atom is 0.269 e. The van der Waals surface area contributed by atoms with Gasteiger partial charge in [-0.1, -0.05) is 17.7 Å². The van der Waals surface area contributed by atoms with Gasteiger partial charge in [-0.05, 0) is 36.1 Å². The van der Waals surface area contributed by atoms with Gasteiger partial charge in [0, 0.05) is 18.4 Å². The number of carbonyl (C=O) groups is 1. The standard InChI is InChI=1S/C13H13ClN2OS/c1-8-7-18-12(11(8)14)13(17)16(2)10-5-3-4-9(15)6-10/h3-7H,15H2,1-2H3. The summed E-state index contributed by atoms with van der Waals surface area (Å²) in [6.07, 6.45) is 0. The van der Waals surface area contributed by atoms with Crippen molar-refractivity contribution in [2.75, 3.05) is 17.7 Å². The number of carbonyl (C=O) groups excluding carboxylic acids is 1. The summed E-state index contributed by atoms with van der Waals surface area (Å²) in [4.78, 5) is 14.4. The molecule has 2 aromatic rings. The molecule has 94 valence electrons. The number of anilines is 2. The molecule has 3 nitrogen and oxygen atoms in total. The Balaban J connectivity index is 2.32. The lowest BCUT2D eigenvalue weighted by molar-refractivity contribution is 0.0997. The molecule has 0 spiro atoms. The molecule has 0 radical (unpaired) electrons. The fourth-order valence-corrected chi connectivity index (χ4v) is 2.83. The van der Waals surface area contributed by atoms with Gasteiger partial charge in [0.1, 0.15) is 4.88 Å². The summed E-state index contributed by atoms with van der Waals surface area (Å²) in [5, 5.41) is 2.41. The summed E-state index contributed by atoms with van der Waals surface area (Å²) >= 11 is 7.46. The Morgan fingerprint density at radius 2 is 2.17 bits per heavy atom. The highest BCUT2D eigenvalue weighted by molar-refractivity contribution is 7.13. The number of halogens is 1. The average molecular weight is 281 g/mol. The molecular formula is C13H13ClN2OS. The fraction of sp³-hybridized carbons (Fsp3) is 0.154. The van der Waals surface area contributed by atoms with Crippen molar-refractivity contribution in [3.05, 3.63) is 45.1 Å². The molecule has 18 heavy (non-hydrogen) atoms. The molecule has 1 aromatic heterocycles. The second kappa shape index (κ2) is 5.00. The van der Waals surface area contributed by atoms with Crippen LogP contribution in [0.2, 0.25) is 5.02 Å². The SMILES string of the molecule is Cc1csc(C(=O)N(C)c2cccc(N)c2)c1Cl. The highest BCUT2D eigenvalue weighted by atomic mass is 35.5. The third-order valence-corrected chi connectivity index (χ3v) is 4.34. The van der Waals surface area contributed by atoms with Crippen molar-refractivity contribution in [2.45, 2.75) is 6.92 Å². The highest BCUT2D eigenvalue weighted by Gasteiger charge is 2.19. The zero-order valence-electron chi connectivity index (χ0n) is 10.1. The minimum atomic E-state index is -0.122. The molecule has 2 N–H and O–H groups in total. The molecule has 0 aliphatic rings. The first-order valence-corrected chi connectivity index (χ1v) is 6.63. The lowest BCUT2D eigenvalue weighted by Gasteiger charge is -2.17. The van der Waals surface area contributed by atoms with Gasteiger partial charge in [0.15, 0.2) is 0 Å². The van der Waals surface area contributed by atoms with Crippen LogP contribution >= 0.6 is 22.9 Å². The van der Waals surface area contributed by atoms with Crippen LogP contribution in [-0.4, -0.2) is 13.0 Å². The van der Waals surface area contributed by atoms with E-state index in [4.69, 9.17) is 17.3 Å². The first-order valence-electron chi connectivity index (χ1n) is 5.38. The number of nitrogens with zero attached hydrogens (tertiary/aromatic N) is 1. The number of amides is 1. The largest absolute Gasteiger partial charge is 0.399 e. The van der Waals surface area contributed by atoms with E-state index in [-0.39, 0.29) is 5.91 Å². The Kier molecular flexibility index (Phi) is 3.59. The van der Waals surface area contributed by atoms with Crippen LogP contribution in [0.1, 0.15) is 15.2 Å². The van der Waals surface area contributed by atoms with Gasteiger partial charge in [0.05, 0.1) is 5.02 Å². The van der Waals surface area contributed by atoms with Crippen molar-refractivity contribution in [3.8, 4) is 0 Å². The van der Waals surface area contributed by atoms with E-state index in [0.29, 0.717) is 15.6 Å². The lowest BCUT2D eigenvalue weighted by atomic mass is 10.2. The molecule has 0 aliphatic heterocycles. The Labute approximate surface area is 115 Å². The zero-order chi connectivity index (χ0) is 13.3. The molecule has 1 amide bonds. The van der Waals surface area contributed by atoms with E-state index >= 15 is 0 Å². The maximum atomic E-state index is 12.3. The molecular weight excluding hydrogens is 268 g/mol. The van der Waals surface area contributed by atoms with Gasteiger partial charge >= 0.3 is 0 Å². The first kappa shape index (κ1) is 12.9. The first-order chi connectivity index (χ1) is 8.50. The van der Waals surface area contributed by atoms with Crippen LogP contribution in [0.4, 0.5) is 11.4 Å². The number of aryl methyl sites for hydroxylation is 1. The number of benzene rings is 1. The van der Waals surface area contributed by atoms with E-state index in [1.165, 1.54) is 11.3 Å². The van der Waals surface area contributed by atoms with Gasteiger partial charge in [-0.2, -0.15) is 0 Å². The van der Waals surface area contributed by atoms with Crippen LogP contribution in [0, 0.1) is 6.92 Å². The van der Waals surface area contributed by atoms with Crippen LogP contribution in [0.5, 0.6) is 0 Å². The van der Waals surface area contributed by atoms with Crippen molar-refractivity contribution in [3.63, 3.8) is 0 Å². The van der Waals surface area contributed by atoms with E-state index < -0.39 is 0 Å². The van der Waals surface area contributed by atoms with Crippen LogP contribution < -0.4 is 10.6 Å². The Bertz CT molecular complexity index is 594. The van der Waals surface area contributed by atoms with Crippen LogP contribution in [0.25, 0.3) is 0 Å². The Morgan fingerprint density at radius 1 is 1.44 bits per heavy atom. The third kappa shape index (κ3) is 2.35. The smallest absolute Gasteiger partial charge is 0.269 e. The van der Waals surface area contributed by atoms with Crippen LogP contribution in [-0.2, 0) is 0 Å². The zero-order valence-corrected chi connectivity index (χ0v) is 11.7. The van der Waals surface area contributed by atoms with Gasteiger partial charge in [-0.15, -0.1) is 11.3 Å². The van der Waals surface area contributed by atoms with Gasteiger partial charge in [0.2, 0.25) is 0 Å². The normalized spacial score (nSPS) is 10.4. The molecule has 0 atom stereocenters. The van der Waals surface area contributed by atoms with E-state index in [1.54, 1.807) is 24.1 Å². The minimum Gasteiger partial charge on any atom is -0.399 e. The maximum absolute atomic E-state index is 12.3. The van der Waals surface area contributed by atoms with E-state index in [2.05, 4.69) is 0 Å². The Morgan fingerprint density at radius 3 is 2.72 bits per heavy atom. The van der Waals surface area contributed by atoms with E-state index in [1.807, 2.05) is 24.4 Å². The topological polar surface area (TPSA) is 46.3 Å². The molecule has 2 rings (SSSR count). The summed E-state index contributed by atoms with van der Waals surface area (Å²) in [6.45, 7) is 1.89. The quantitative estimate of drug-likeness (QED) is 0.855. The second-order valence-corrected chi connectivity index (χ2v) is 5.28. The number of rotatable bonds is 2. The molecule has 0 saturated heterocycles. The monoisotopic (exact) mass is 280 g/mol. The molecule has 0 bridgehead atoms. The van der Waals surface area contributed by atoms with Crippen LogP contribution in [0.15, 0.2) is 29.6 Å². The molecule has 1 aromatic carbocycles. The van der Waals surface area contributed by atoms with E-state index in [9.17, 15) is 4.79 Å². The van der Waals surface area contributed by atoms with Crippen molar-refractivity contribution in [1.82, 2.24) is 0 Å². The fourth-order valence-electron chi connectivity index (χ4n) is 1.58. The van der Waals surface area contributed by atoms with Crippen molar-refractivity contribution >= 4 is 40.2 Å². The summed E-state index contributed by atoms with van der Waals surface area (Å²) < 4.78 is 0. The highest BCUT2D eigenvalue weighted by Crippen LogP contribution is 2.29. The molecule has 1 heterocycles. The van der Waals surface area contributed by atoms with Gasteiger partial charge in [0.25, 0.3) is 5.91 Å². The molecule has 0 unspecified atom stereocenters. The number of nitrogen functional groups attached to an aromatic ring is 1.